The van der Waals surface area contributed by atoms with E-state index in [9.17, 15) is 19.5 Å². The molecule has 4 atom stereocenters. The van der Waals surface area contributed by atoms with E-state index in [0.29, 0.717) is 18.8 Å². The monoisotopic (exact) mass is 474 g/mol. The Morgan fingerprint density at radius 1 is 1.00 bits per heavy atom. The van der Waals surface area contributed by atoms with Gasteiger partial charge in [-0.1, -0.05) is 61.4 Å². The van der Waals surface area contributed by atoms with Gasteiger partial charge in [0.25, 0.3) is 0 Å². The van der Waals surface area contributed by atoms with E-state index in [2.05, 4.69) is 34.9 Å². The van der Waals surface area contributed by atoms with Gasteiger partial charge in [0.1, 0.15) is 12.6 Å². The molecule has 0 unspecified atom stereocenters. The van der Waals surface area contributed by atoms with Crippen molar-refractivity contribution in [1.29, 1.82) is 0 Å². The Labute approximate surface area is 204 Å². The number of hydrogen-bond donors (Lipinski definition) is 3. The summed E-state index contributed by atoms with van der Waals surface area (Å²) in [4.78, 5) is 37.2. The molecule has 4 aliphatic carbocycles. The van der Waals surface area contributed by atoms with Gasteiger partial charge in [0, 0.05) is 12.0 Å². The summed E-state index contributed by atoms with van der Waals surface area (Å²) in [5, 5.41) is 15.2. The second kappa shape index (κ2) is 8.40. The van der Waals surface area contributed by atoms with Gasteiger partial charge in [0.15, 0.2) is 0 Å². The molecule has 3 N–H and O–H groups in total. The fourth-order valence-electron chi connectivity index (χ4n) is 6.30. The van der Waals surface area contributed by atoms with Crippen LogP contribution in [0, 0.1) is 17.3 Å². The van der Waals surface area contributed by atoms with Crippen LogP contribution in [0.5, 0.6) is 0 Å². The average molecular weight is 475 g/mol. The maximum Gasteiger partial charge on any atom is 0.407 e. The second-order valence-electron chi connectivity index (χ2n) is 10.7. The third kappa shape index (κ3) is 4.07. The van der Waals surface area contributed by atoms with Crippen LogP contribution in [0.1, 0.15) is 55.6 Å². The van der Waals surface area contributed by atoms with Crippen molar-refractivity contribution in [2.45, 2.75) is 56.5 Å². The summed E-state index contributed by atoms with van der Waals surface area (Å²) < 4.78 is 5.66. The molecule has 0 heterocycles. The molecule has 3 fully saturated rings. The summed E-state index contributed by atoms with van der Waals surface area (Å²) in [7, 11) is 0. The predicted molar refractivity (Wildman–Crippen MR) is 129 cm³/mol. The number of benzene rings is 2. The Bertz CT molecular complexity index is 1150. The third-order valence-corrected chi connectivity index (χ3v) is 8.40. The molecule has 7 nitrogen and oxygen atoms in total. The molecule has 35 heavy (non-hydrogen) atoms. The predicted octanol–water partition coefficient (Wildman–Crippen LogP) is 4.06. The van der Waals surface area contributed by atoms with Crippen LogP contribution >= 0.6 is 0 Å². The first-order chi connectivity index (χ1) is 16.9. The van der Waals surface area contributed by atoms with Gasteiger partial charge in [0.2, 0.25) is 5.91 Å². The Hall–Kier alpha value is -3.35. The molecule has 2 amide bonds. The van der Waals surface area contributed by atoms with Gasteiger partial charge in [-0.2, -0.15) is 0 Å². The molecule has 2 aromatic carbocycles. The number of ether oxygens (including phenoxy) is 1. The van der Waals surface area contributed by atoms with E-state index in [4.69, 9.17) is 4.74 Å². The lowest BCUT2D eigenvalue weighted by Gasteiger charge is -2.21. The molecule has 0 aromatic heterocycles. The number of carbonyl (C=O) groups excluding carboxylic acids is 2. The van der Waals surface area contributed by atoms with Crippen LogP contribution in [0.25, 0.3) is 11.1 Å². The van der Waals surface area contributed by atoms with Gasteiger partial charge in [-0.3, -0.25) is 4.79 Å². The highest BCUT2D eigenvalue weighted by molar-refractivity contribution is 5.90. The van der Waals surface area contributed by atoms with Crippen LogP contribution in [0.4, 0.5) is 4.79 Å². The normalized spacial score (nSPS) is 26.7. The molecule has 0 saturated heterocycles. The maximum atomic E-state index is 13.0. The number of fused-ring (bicyclic) bond motifs is 4. The zero-order valence-electron chi connectivity index (χ0n) is 19.5. The second-order valence-corrected chi connectivity index (χ2v) is 10.7. The standard InChI is InChI=1S/C28H30N2O5/c31-25(32)24(11-16-9-10-16)30-26(33)28-13-17(28)12-18(14-28)29-27(34)35-15-23-21-7-3-1-5-19(21)20-6-2-4-8-22(20)23/h1-8,16-18,23-24H,9-15H2,(H,29,34)(H,30,33)(H,31,32)/t17-,18+,24+,28+/m1/s1. The van der Waals surface area contributed by atoms with E-state index in [1.807, 2.05) is 24.3 Å². The van der Waals surface area contributed by atoms with Gasteiger partial charge in [-0.25, -0.2) is 9.59 Å². The fourth-order valence-corrected chi connectivity index (χ4v) is 6.30. The van der Waals surface area contributed by atoms with E-state index in [0.717, 1.165) is 25.7 Å². The zero-order valence-corrected chi connectivity index (χ0v) is 19.5. The molecule has 0 spiro atoms. The van der Waals surface area contributed by atoms with Crippen molar-refractivity contribution >= 4 is 18.0 Å². The number of rotatable bonds is 8. The Morgan fingerprint density at radius 3 is 2.29 bits per heavy atom. The maximum absolute atomic E-state index is 13.0. The molecule has 182 valence electrons. The number of carboxylic acids is 1. The minimum Gasteiger partial charge on any atom is -0.480 e. The van der Waals surface area contributed by atoms with Crippen molar-refractivity contribution in [1.82, 2.24) is 10.6 Å². The van der Waals surface area contributed by atoms with Crippen molar-refractivity contribution in [2.75, 3.05) is 6.61 Å². The van der Waals surface area contributed by atoms with Gasteiger partial charge in [-0.05, 0) is 59.8 Å². The molecule has 0 bridgehead atoms. The molecule has 7 heteroatoms. The van der Waals surface area contributed by atoms with Crippen molar-refractivity contribution in [2.24, 2.45) is 17.3 Å². The lowest BCUT2D eigenvalue weighted by Crippen LogP contribution is -2.45. The number of nitrogens with one attached hydrogen (secondary N) is 2. The molecule has 3 saturated carbocycles. The summed E-state index contributed by atoms with van der Waals surface area (Å²) in [6.45, 7) is 0.253. The van der Waals surface area contributed by atoms with Crippen molar-refractivity contribution < 1.29 is 24.2 Å². The third-order valence-electron chi connectivity index (χ3n) is 8.40. The zero-order chi connectivity index (χ0) is 24.2. The molecule has 0 radical (unpaired) electrons. The Kier molecular flexibility index (Phi) is 5.31. The van der Waals surface area contributed by atoms with Crippen LogP contribution in [0.3, 0.4) is 0 Å². The number of amides is 2. The topological polar surface area (TPSA) is 105 Å². The number of alkyl carbamates (subject to hydrolysis) is 1. The summed E-state index contributed by atoms with van der Waals surface area (Å²) in [5.74, 6) is -0.536. The highest BCUT2D eigenvalue weighted by Crippen LogP contribution is 2.63. The molecule has 4 aliphatic rings. The van der Waals surface area contributed by atoms with Crippen LogP contribution in [0.2, 0.25) is 0 Å². The van der Waals surface area contributed by atoms with E-state index in [-0.39, 0.29) is 30.4 Å². The minimum absolute atomic E-state index is 0.00155. The average Bonchev–Trinajstić information content (AvgIpc) is 3.74. The number of aliphatic carboxylic acids is 1. The van der Waals surface area contributed by atoms with Gasteiger partial charge < -0.3 is 20.5 Å². The minimum atomic E-state index is -0.967. The smallest absolute Gasteiger partial charge is 0.407 e. The quantitative estimate of drug-likeness (QED) is 0.535. The van der Waals surface area contributed by atoms with E-state index < -0.39 is 23.5 Å². The van der Waals surface area contributed by atoms with Crippen LogP contribution in [-0.4, -0.2) is 41.8 Å². The van der Waals surface area contributed by atoms with Crippen LogP contribution in [0.15, 0.2) is 48.5 Å². The first-order valence-corrected chi connectivity index (χ1v) is 12.6. The SMILES string of the molecule is O=C(N[C@H]1C[C@@H]2C[C@]2(C(=O)N[C@@H](CC2CC2)C(=O)O)C1)OCC1c2ccccc2-c2ccccc21. The molecule has 2 aromatic rings. The van der Waals surface area contributed by atoms with Gasteiger partial charge in [-0.15, -0.1) is 0 Å². The Morgan fingerprint density at radius 2 is 1.66 bits per heavy atom. The van der Waals surface area contributed by atoms with E-state index >= 15 is 0 Å². The first kappa shape index (κ1) is 22.1. The van der Waals surface area contributed by atoms with Crippen molar-refractivity contribution in [3.8, 4) is 11.1 Å². The number of carbonyl (C=O) groups is 3. The molecule has 6 rings (SSSR count). The lowest BCUT2D eigenvalue weighted by molar-refractivity contribution is -0.143. The molecular weight excluding hydrogens is 444 g/mol. The largest absolute Gasteiger partial charge is 0.480 e. The Balaban J connectivity index is 1.04. The lowest BCUT2D eigenvalue weighted by atomic mass is 9.98. The van der Waals surface area contributed by atoms with E-state index in [1.165, 1.54) is 22.3 Å². The van der Waals surface area contributed by atoms with Crippen molar-refractivity contribution in [3.05, 3.63) is 59.7 Å². The van der Waals surface area contributed by atoms with Crippen molar-refractivity contribution in [3.63, 3.8) is 0 Å². The highest BCUT2D eigenvalue weighted by Gasteiger charge is 2.65. The molecule has 0 aliphatic heterocycles. The first-order valence-electron chi connectivity index (χ1n) is 12.6. The fraction of sp³-hybridized carbons (Fsp3) is 0.464. The number of carboxylic acid groups (broad SMARTS) is 1. The summed E-state index contributed by atoms with van der Waals surface area (Å²) in [6.07, 6.45) is 4.13. The summed E-state index contributed by atoms with van der Waals surface area (Å²) in [6, 6.07) is 15.5. The molecular formula is C28H30N2O5. The van der Waals surface area contributed by atoms with Gasteiger partial charge in [0.05, 0.1) is 5.41 Å². The summed E-state index contributed by atoms with van der Waals surface area (Å²) in [5.41, 5.74) is 4.15. The van der Waals surface area contributed by atoms with Crippen LogP contribution < -0.4 is 10.6 Å². The van der Waals surface area contributed by atoms with E-state index in [1.54, 1.807) is 0 Å². The van der Waals surface area contributed by atoms with Gasteiger partial charge >= 0.3 is 12.1 Å². The summed E-state index contributed by atoms with van der Waals surface area (Å²) >= 11 is 0. The number of hydrogen-bond acceptors (Lipinski definition) is 4. The highest BCUT2D eigenvalue weighted by atomic mass is 16.5. The van der Waals surface area contributed by atoms with Crippen LogP contribution in [-0.2, 0) is 14.3 Å².